The molecule has 2 aromatic rings. The van der Waals surface area contributed by atoms with Crippen LogP contribution in [0, 0.1) is 0 Å². The lowest BCUT2D eigenvalue weighted by atomic mass is 10.2. The van der Waals surface area contributed by atoms with Gasteiger partial charge < -0.3 is 5.11 Å². The van der Waals surface area contributed by atoms with E-state index in [1.54, 1.807) is 24.5 Å². The molecule has 1 N–H and O–H groups in total. The molecule has 0 fully saturated rings. The number of phenolic OH excluding ortho intramolecular Hbond substituents is 1. The smallest absolute Gasteiger partial charge is 0.116 e. The van der Waals surface area contributed by atoms with E-state index in [1.165, 1.54) is 0 Å². The van der Waals surface area contributed by atoms with Crippen molar-refractivity contribution >= 4 is 26.7 Å². The largest absolute Gasteiger partial charge is 0.508 e. The Morgan fingerprint density at radius 1 is 1.25 bits per heavy atom. The quantitative estimate of drug-likeness (QED) is 0.746. The maximum Gasteiger partial charge on any atom is 0.116 e. The fourth-order valence-electron chi connectivity index (χ4n) is 1.13. The van der Waals surface area contributed by atoms with Gasteiger partial charge in [-0.1, -0.05) is 0 Å². The summed E-state index contributed by atoms with van der Waals surface area (Å²) in [4.78, 5) is 4.00. The van der Waals surface area contributed by atoms with E-state index in [0.29, 0.717) is 0 Å². The molecular formula is C9H6BrNO. The molecule has 0 aliphatic rings. The minimum absolute atomic E-state index is 0.266. The van der Waals surface area contributed by atoms with Gasteiger partial charge in [-0.25, -0.2) is 0 Å². The van der Waals surface area contributed by atoms with Gasteiger partial charge in [-0.2, -0.15) is 0 Å². The molecule has 0 saturated carbocycles. The van der Waals surface area contributed by atoms with Crippen LogP contribution in [0.1, 0.15) is 0 Å². The highest BCUT2D eigenvalue weighted by Crippen LogP contribution is 2.25. The highest BCUT2D eigenvalue weighted by atomic mass is 79.9. The molecule has 0 radical (unpaired) electrons. The second kappa shape index (κ2) is 2.75. The molecule has 0 aliphatic carbocycles. The van der Waals surface area contributed by atoms with E-state index in [4.69, 9.17) is 0 Å². The lowest BCUT2D eigenvalue weighted by Crippen LogP contribution is -1.76. The van der Waals surface area contributed by atoms with Crippen molar-refractivity contribution in [2.45, 2.75) is 0 Å². The number of pyridine rings is 1. The van der Waals surface area contributed by atoms with Crippen LogP contribution in [0.15, 0.2) is 35.1 Å². The highest BCUT2D eigenvalue weighted by molar-refractivity contribution is 9.10. The van der Waals surface area contributed by atoms with Gasteiger partial charge >= 0.3 is 0 Å². The minimum atomic E-state index is 0.266. The predicted molar refractivity (Wildman–Crippen MR) is 51.1 cm³/mol. The summed E-state index contributed by atoms with van der Waals surface area (Å²) in [7, 11) is 0. The molecule has 0 aliphatic heterocycles. The summed E-state index contributed by atoms with van der Waals surface area (Å²) < 4.78 is 0.944. The first-order valence-electron chi connectivity index (χ1n) is 3.49. The van der Waals surface area contributed by atoms with Crippen molar-refractivity contribution in [2.24, 2.45) is 0 Å². The maximum atomic E-state index is 9.18. The van der Waals surface area contributed by atoms with Gasteiger partial charge in [0.1, 0.15) is 5.75 Å². The summed E-state index contributed by atoms with van der Waals surface area (Å²) in [5, 5.41) is 11.2. The van der Waals surface area contributed by atoms with Crippen molar-refractivity contribution in [3.8, 4) is 5.75 Å². The van der Waals surface area contributed by atoms with Gasteiger partial charge in [0.2, 0.25) is 0 Å². The molecule has 0 amide bonds. The van der Waals surface area contributed by atoms with Crippen LogP contribution < -0.4 is 0 Å². The number of hydrogen-bond acceptors (Lipinski definition) is 2. The second-order valence-electron chi connectivity index (χ2n) is 2.53. The fraction of sp³-hybridized carbons (Fsp3) is 0. The zero-order valence-electron chi connectivity index (χ0n) is 6.16. The molecule has 0 unspecified atom stereocenters. The van der Waals surface area contributed by atoms with E-state index in [1.807, 2.05) is 6.07 Å². The van der Waals surface area contributed by atoms with Gasteiger partial charge in [-0.15, -0.1) is 0 Å². The van der Waals surface area contributed by atoms with E-state index >= 15 is 0 Å². The number of aromatic hydroxyl groups is 1. The average Bonchev–Trinajstić information content (AvgIpc) is 2.04. The Kier molecular flexibility index (Phi) is 1.73. The molecule has 0 bridgehead atoms. The van der Waals surface area contributed by atoms with Gasteiger partial charge in [-0.05, 0) is 39.5 Å². The van der Waals surface area contributed by atoms with Crippen LogP contribution in [0.3, 0.4) is 0 Å². The van der Waals surface area contributed by atoms with Crippen LogP contribution in [-0.2, 0) is 0 Å². The predicted octanol–water partition coefficient (Wildman–Crippen LogP) is 2.70. The Labute approximate surface area is 78.0 Å². The molecule has 3 heteroatoms. The standard InChI is InChI=1S/C9H6BrNO/c10-9-5-11-4-6-3-7(12)1-2-8(6)9/h1-5,12H. The first-order valence-corrected chi connectivity index (χ1v) is 4.29. The minimum Gasteiger partial charge on any atom is -0.508 e. The molecule has 2 nitrogen and oxygen atoms in total. The molecule has 1 aromatic heterocycles. The Morgan fingerprint density at radius 3 is 2.92 bits per heavy atom. The number of hydrogen-bond donors (Lipinski definition) is 1. The molecule has 0 spiro atoms. The molecule has 1 heterocycles. The molecule has 0 saturated heterocycles. The number of fused-ring (bicyclic) bond motifs is 1. The molecule has 1 aromatic carbocycles. The van der Waals surface area contributed by atoms with Crippen molar-refractivity contribution in [3.05, 3.63) is 35.1 Å². The number of nitrogens with zero attached hydrogens (tertiary/aromatic N) is 1. The molecule has 12 heavy (non-hydrogen) atoms. The van der Waals surface area contributed by atoms with E-state index in [2.05, 4.69) is 20.9 Å². The van der Waals surface area contributed by atoms with Crippen LogP contribution in [0.2, 0.25) is 0 Å². The molecule has 0 atom stereocenters. The Morgan fingerprint density at radius 2 is 2.08 bits per heavy atom. The van der Waals surface area contributed by atoms with E-state index in [9.17, 15) is 5.11 Å². The summed E-state index contributed by atoms with van der Waals surface area (Å²) >= 11 is 3.38. The third kappa shape index (κ3) is 1.16. The SMILES string of the molecule is Oc1ccc2c(Br)cncc2c1. The van der Waals surface area contributed by atoms with Crippen LogP contribution in [-0.4, -0.2) is 10.1 Å². The summed E-state index contributed by atoms with van der Waals surface area (Å²) in [5.74, 6) is 0.266. The van der Waals surface area contributed by atoms with Gasteiger partial charge in [0.25, 0.3) is 0 Å². The first kappa shape index (κ1) is 7.55. The van der Waals surface area contributed by atoms with Crippen molar-refractivity contribution in [1.82, 2.24) is 4.98 Å². The fourth-order valence-corrected chi connectivity index (χ4v) is 1.61. The third-order valence-electron chi connectivity index (χ3n) is 1.69. The molecule has 2 rings (SSSR count). The van der Waals surface area contributed by atoms with Crippen LogP contribution in [0.25, 0.3) is 10.8 Å². The topological polar surface area (TPSA) is 33.1 Å². The van der Waals surface area contributed by atoms with Crippen LogP contribution in [0.4, 0.5) is 0 Å². The van der Waals surface area contributed by atoms with Gasteiger partial charge in [0, 0.05) is 22.3 Å². The van der Waals surface area contributed by atoms with Gasteiger partial charge in [0.05, 0.1) is 0 Å². The summed E-state index contributed by atoms with van der Waals surface area (Å²) in [5.41, 5.74) is 0. The molecule has 60 valence electrons. The summed E-state index contributed by atoms with van der Waals surface area (Å²) in [6, 6.07) is 5.20. The summed E-state index contributed by atoms with van der Waals surface area (Å²) in [6.07, 6.45) is 3.46. The highest BCUT2D eigenvalue weighted by Gasteiger charge is 1.98. The maximum absolute atomic E-state index is 9.18. The Hall–Kier alpha value is -1.09. The number of benzene rings is 1. The van der Waals surface area contributed by atoms with E-state index in [0.717, 1.165) is 15.2 Å². The number of phenols is 1. The van der Waals surface area contributed by atoms with Crippen molar-refractivity contribution in [3.63, 3.8) is 0 Å². The Balaban J connectivity index is 2.86. The van der Waals surface area contributed by atoms with Crippen molar-refractivity contribution in [2.75, 3.05) is 0 Å². The monoisotopic (exact) mass is 223 g/mol. The third-order valence-corrected chi connectivity index (χ3v) is 2.33. The molecular weight excluding hydrogens is 218 g/mol. The lowest BCUT2D eigenvalue weighted by molar-refractivity contribution is 0.476. The normalized spacial score (nSPS) is 10.4. The summed E-state index contributed by atoms with van der Waals surface area (Å²) in [6.45, 7) is 0. The second-order valence-corrected chi connectivity index (χ2v) is 3.38. The first-order chi connectivity index (χ1) is 5.77. The lowest BCUT2D eigenvalue weighted by Gasteiger charge is -1.99. The van der Waals surface area contributed by atoms with Crippen LogP contribution in [0.5, 0.6) is 5.75 Å². The van der Waals surface area contributed by atoms with Gasteiger partial charge in [0.15, 0.2) is 0 Å². The van der Waals surface area contributed by atoms with E-state index in [-0.39, 0.29) is 5.75 Å². The van der Waals surface area contributed by atoms with E-state index < -0.39 is 0 Å². The number of halogens is 1. The van der Waals surface area contributed by atoms with Gasteiger partial charge in [-0.3, -0.25) is 4.98 Å². The number of rotatable bonds is 0. The zero-order chi connectivity index (χ0) is 8.55. The van der Waals surface area contributed by atoms with Crippen LogP contribution >= 0.6 is 15.9 Å². The Bertz CT molecular complexity index is 428. The average molecular weight is 224 g/mol. The zero-order valence-corrected chi connectivity index (χ0v) is 7.75. The van der Waals surface area contributed by atoms with Crippen molar-refractivity contribution < 1.29 is 5.11 Å². The number of aromatic nitrogens is 1. The van der Waals surface area contributed by atoms with Crippen molar-refractivity contribution in [1.29, 1.82) is 0 Å².